The van der Waals surface area contributed by atoms with Gasteiger partial charge in [0.05, 0.1) is 12.0 Å². The topological polar surface area (TPSA) is 46.5 Å². The summed E-state index contributed by atoms with van der Waals surface area (Å²) in [6, 6.07) is 0. The van der Waals surface area contributed by atoms with Crippen molar-refractivity contribution < 1.29 is 14.6 Å². The van der Waals surface area contributed by atoms with E-state index in [0.717, 1.165) is 12.8 Å². The lowest BCUT2D eigenvalue weighted by atomic mass is 9.84. The molecule has 94 valence electrons. The molecule has 0 aromatic carbocycles. The summed E-state index contributed by atoms with van der Waals surface area (Å²) in [7, 11) is 0. The van der Waals surface area contributed by atoms with Crippen molar-refractivity contribution in [3.63, 3.8) is 0 Å². The molecule has 1 saturated heterocycles. The fourth-order valence-corrected chi connectivity index (χ4v) is 2.68. The molecule has 0 saturated carbocycles. The van der Waals surface area contributed by atoms with Crippen LogP contribution in [0.2, 0.25) is 0 Å². The summed E-state index contributed by atoms with van der Waals surface area (Å²) in [5.74, 6) is -0.509. The van der Waals surface area contributed by atoms with E-state index in [9.17, 15) is 9.90 Å². The van der Waals surface area contributed by atoms with Crippen LogP contribution in [0, 0.1) is 11.8 Å². The molecule has 1 N–H and O–H groups in total. The van der Waals surface area contributed by atoms with Crippen LogP contribution in [-0.4, -0.2) is 23.3 Å². The first-order valence-corrected chi connectivity index (χ1v) is 6.30. The number of allylic oxidation sites excluding steroid dienone is 2. The Kier molecular flexibility index (Phi) is 3.67. The van der Waals surface area contributed by atoms with Gasteiger partial charge in [0, 0.05) is 12.3 Å². The lowest BCUT2D eigenvalue weighted by Gasteiger charge is -2.23. The number of rotatable bonds is 0. The normalized spacial score (nSPS) is 43.2. The lowest BCUT2D eigenvalue weighted by molar-refractivity contribution is -0.143. The van der Waals surface area contributed by atoms with Crippen molar-refractivity contribution in [2.75, 3.05) is 0 Å². The maximum atomic E-state index is 11.6. The van der Waals surface area contributed by atoms with Gasteiger partial charge in [0.1, 0.15) is 6.10 Å². The fourth-order valence-electron chi connectivity index (χ4n) is 2.68. The second-order valence-corrected chi connectivity index (χ2v) is 5.09. The number of ether oxygens (including phenoxy) is 1. The van der Waals surface area contributed by atoms with E-state index in [-0.39, 0.29) is 23.9 Å². The Morgan fingerprint density at radius 1 is 1.41 bits per heavy atom. The maximum absolute atomic E-state index is 11.6. The third-order valence-corrected chi connectivity index (χ3v) is 3.74. The zero-order valence-corrected chi connectivity index (χ0v) is 10.4. The van der Waals surface area contributed by atoms with E-state index in [0.29, 0.717) is 6.42 Å². The van der Waals surface area contributed by atoms with Crippen molar-refractivity contribution in [3.05, 3.63) is 23.8 Å². The minimum atomic E-state index is -0.576. The number of esters is 1. The molecule has 17 heavy (non-hydrogen) atoms. The molecule has 0 radical (unpaired) electrons. The van der Waals surface area contributed by atoms with E-state index < -0.39 is 6.10 Å². The van der Waals surface area contributed by atoms with E-state index in [1.54, 1.807) is 0 Å². The predicted molar refractivity (Wildman–Crippen MR) is 65.3 cm³/mol. The molecule has 1 heterocycles. The molecule has 0 amide bonds. The van der Waals surface area contributed by atoms with Crippen LogP contribution in [0.1, 0.15) is 33.1 Å². The van der Waals surface area contributed by atoms with E-state index in [2.05, 4.69) is 12.2 Å². The van der Waals surface area contributed by atoms with Gasteiger partial charge in [-0.05, 0) is 19.8 Å². The first-order chi connectivity index (χ1) is 8.09. The SMILES string of the molecule is C/C1=C\[C@@H](O)[C@@H]2[C@H](C/C=C/CC1)OC(=O)[C@H]2C. The van der Waals surface area contributed by atoms with Gasteiger partial charge in [-0.3, -0.25) is 4.79 Å². The van der Waals surface area contributed by atoms with Gasteiger partial charge in [0.15, 0.2) is 0 Å². The van der Waals surface area contributed by atoms with Crippen LogP contribution < -0.4 is 0 Å². The minimum absolute atomic E-state index is 0.111. The molecule has 1 aliphatic carbocycles. The highest BCUT2D eigenvalue weighted by atomic mass is 16.6. The van der Waals surface area contributed by atoms with Gasteiger partial charge in [-0.15, -0.1) is 0 Å². The van der Waals surface area contributed by atoms with Gasteiger partial charge >= 0.3 is 5.97 Å². The summed E-state index contributed by atoms with van der Waals surface area (Å²) in [4.78, 5) is 11.6. The Hall–Kier alpha value is -1.09. The monoisotopic (exact) mass is 236 g/mol. The van der Waals surface area contributed by atoms with Gasteiger partial charge in [0.2, 0.25) is 0 Å². The van der Waals surface area contributed by atoms with Gasteiger partial charge in [0.25, 0.3) is 0 Å². The number of carbonyl (C=O) groups excluding carboxylic acids is 1. The van der Waals surface area contributed by atoms with Crippen LogP contribution in [0.25, 0.3) is 0 Å². The number of fused-ring (bicyclic) bond motifs is 1. The zero-order valence-electron chi connectivity index (χ0n) is 10.4. The van der Waals surface area contributed by atoms with Crippen LogP contribution in [-0.2, 0) is 9.53 Å². The summed E-state index contributed by atoms with van der Waals surface area (Å²) in [6.07, 6.45) is 7.99. The summed E-state index contributed by atoms with van der Waals surface area (Å²) >= 11 is 0. The Morgan fingerprint density at radius 2 is 2.18 bits per heavy atom. The maximum Gasteiger partial charge on any atom is 0.309 e. The minimum Gasteiger partial charge on any atom is -0.461 e. The highest BCUT2D eigenvalue weighted by molar-refractivity contribution is 5.75. The van der Waals surface area contributed by atoms with Gasteiger partial charge in [-0.1, -0.05) is 30.7 Å². The van der Waals surface area contributed by atoms with Gasteiger partial charge in [-0.2, -0.15) is 0 Å². The number of aliphatic hydroxyl groups is 1. The molecule has 2 rings (SSSR count). The number of aliphatic hydroxyl groups excluding tert-OH is 1. The molecule has 3 nitrogen and oxygen atoms in total. The highest BCUT2D eigenvalue weighted by Gasteiger charge is 2.44. The molecular formula is C14H20O3. The van der Waals surface area contributed by atoms with Crippen molar-refractivity contribution in [1.29, 1.82) is 0 Å². The smallest absolute Gasteiger partial charge is 0.309 e. The molecule has 0 bridgehead atoms. The highest BCUT2D eigenvalue weighted by Crippen LogP contribution is 2.34. The number of hydrogen-bond acceptors (Lipinski definition) is 3. The second kappa shape index (κ2) is 5.05. The first-order valence-electron chi connectivity index (χ1n) is 6.30. The van der Waals surface area contributed by atoms with E-state index in [4.69, 9.17) is 4.74 Å². The molecule has 1 fully saturated rings. The fraction of sp³-hybridized carbons (Fsp3) is 0.643. The molecule has 0 aromatic heterocycles. The Balaban J connectivity index is 2.25. The molecule has 4 atom stereocenters. The quantitative estimate of drug-likeness (QED) is 0.518. The average molecular weight is 236 g/mol. The third kappa shape index (κ3) is 2.60. The second-order valence-electron chi connectivity index (χ2n) is 5.09. The summed E-state index contributed by atoms with van der Waals surface area (Å²) < 4.78 is 5.34. The van der Waals surface area contributed by atoms with Gasteiger partial charge in [-0.25, -0.2) is 0 Å². The number of carbonyl (C=O) groups is 1. The largest absolute Gasteiger partial charge is 0.461 e. The third-order valence-electron chi connectivity index (χ3n) is 3.74. The van der Waals surface area contributed by atoms with Crippen LogP contribution in [0.15, 0.2) is 23.8 Å². The Morgan fingerprint density at radius 3 is 2.94 bits per heavy atom. The predicted octanol–water partition coefficient (Wildman–Crippen LogP) is 2.21. The number of hydrogen-bond donors (Lipinski definition) is 1. The van der Waals surface area contributed by atoms with Crippen molar-refractivity contribution >= 4 is 5.97 Å². The summed E-state index contributed by atoms with van der Waals surface area (Å²) in [5, 5.41) is 10.2. The Bertz CT molecular complexity index is 356. The van der Waals surface area contributed by atoms with Crippen LogP contribution in [0.4, 0.5) is 0 Å². The van der Waals surface area contributed by atoms with E-state index in [1.807, 2.05) is 19.9 Å². The first kappa shape index (κ1) is 12.4. The molecule has 0 spiro atoms. The van der Waals surface area contributed by atoms with Crippen molar-refractivity contribution in [2.45, 2.75) is 45.3 Å². The van der Waals surface area contributed by atoms with Crippen molar-refractivity contribution in [3.8, 4) is 0 Å². The average Bonchev–Trinajstić information content (AvgIpc) is 2.54. The lowest BCUT2D eigenvalue weighted by Crippen LogP contribution is -2.31. The van der Waals surface area contributed by atoms with Crippen LogP contribution in [0.3, 0.4) is 0 Å². The van der Waals surface area contributed by atoms with Gasteiger partial charge < -0.3 is 9.84 Å². The molecule has 2 aliphatic rings. The summed E-state index contributed by atoms with van der Waals surface area (Å²) in [5.41, 5.74) is 1.18. The van der Waals surface area contributed by atoms with Crippen molar-refractivity contribution in [1.82, 2.24) is 0 Å². The molecule has 1 aliphatic heterocycles. The molecule has 0 aromatic rings. The summed E-state index contributed by atoms with van der Waals surface area (Å²) in [6.45, 7) is 3.87. The Labute approximate surface area is 102 Å². The molecule has 3 heteroatoms. The van der Waals surface area contributed by atoms with Crippen molar-refractivity contribution in [2.24, 2.45) is 11.8 Å². The molecule has 0 unspecified atom stereocenters. The van der Waals surface area contributed by atoms with Crippen LogP contribution in [0.5, 0.6) is 0 Å². The zero-order chi connectivity index (χ0) is 12.4. The van der Waals surface area contributed by atoms with E-state index in [1.165, 1.54) is 5.57 Å². The molecular weight excluding hydrogens is 216 g/mol. The standard InChI is InChI=1S/C14H20O3/c1-9-6-4-3-5-7-12-13(11(15)8-9)10(2)14(16)17-12/h3,5,8,10-13,15H,4,6-7H2,1-2H3/b5-3+,9-8+/t10-,11+,12-,13+/m0/s1. The van der Waals surface area contributed by atoms with E-state index >= 15 is 0 Å². The van der Waals surface area contributed by atoms with Crippen LogP contribution >= 0.6 is 0 Å².